The molecule has 0 saturated heterocycles. The lowest BCUT2D eigenvalue weighted by molar-refractivity contribution is -0.139. The van der Waals surface area contributed by atoms with E-state index in [1.807, 2.05) is 24.3 Å². The number of rotatable bonds is 5. The van der Waals surface area contributed by atoms with Gasteiger partial charge < -0.3 is 9.47 Å². The highest BCUT2D eigenvalue weighted by molar-refractivity contribution is 5.72. The molecule has 0 aliphatic carbocycles. The van der Waals surface area contributed by atoms with E-state index < -0.39 is 0 Å². The van der Waals surface area contributed by atoms with Crippen LogP contribution in [0.25, 0.3) is 0 Å². The minimum Gasteiger partial charge on any atom is -0.493 e. The highest BCUT2D eigenvalue weighted by atomic mass is 16.5. The molecule has 0 aliphatic rings. The molecule has 3 heteroatoms. The van der Waals surface area contributed by atoms with Crippen LogP contribution in [0.5, 0.6) is 5.75 Å². The van der Waals surface area contributed by atoms with Crippen molar-refractivity contribution in [1.82, 2.24) is 0 Å². The van der Waals surface area contributed by atoms with Crippen molar-refractivity contribution >= 4 is 5.97 Å². The van der Waals surface area contributed by atoms with Crippen LogP contribution in [-0.2, 0) is 16.0 Å². The lowest BCUT2D eigenvalue weighted by Gasteiger charge is -2.05. The first-order valence-electron chi connectivity index (χ1n) is 4.98. The van der Waals surface area contributed by atoms with Crippen LogP contribution in [0.3, 0.4) is 0 Å². The van der Waals surface area contributed by atoms with Crippen molar-refractivity contribution in [3.8, 4) is 18.1 Å². The van der Waals surface area contributed by atoms with Crippen molar-refractivity contribution < 1.29 is 14.3 Å². The first-order valence-corrected chi connectivity index (χ1v) is 4.98. The third-order valence-corrected chi connectivity index (χ3v) is 2.01. The van der Waals surface area contributed by atoms with Gasteiger partial charge in [0.25, 0.3) is 0 Å². The number of carbonyl (C=O) groups is 1. The zero-order valence-corrected chi connectivity index (χ0v) is 9.23. The lowest BCUT2D eigenvalue weighted by atomic mass is 10.1. The van der Waals surface area contributed by atoms with Crippen LogP contribution in [0.2, 0.25) is 0 Å². The van der Waals surface area contributed by atoms with Gasteiger partial charge in [-0.2, -0.15) is 0 Å². The highest BCUT2D eigenvalue weighted by Gasteiger charge is 2.02. The molecular weight excluding hydrogens is 204 g/mol. The number of methoxy groups -OCH3 is 1. The summed E-state index contributed by atoms with van der Waals surface area (Å²) in [6.07, 6.45) is 5.97. The molecule has 1 aromatic carbocycles. The van der Waals surface area contributed by atoms with Gasteiger partial charge in [-0.25, -0.2) is 0 Å². The second kappa shape index (κ2) is 6.52. The summed E-state index contributed by atoms with van der Waals surface area (Å²) in [5.41, 5.74) is 0.899. The summed E-state index contributed by atoms with van der Waals surface area (Å²) in [6.45, 7) is 0.507. The molecule has 16 heavy (non-hydrogen) atoms. The van der Waals surface area contributed by atoms with Crippen LogP contribution in [0.15, 0.2) is 24.3 Å². The van der Waals surface area contributed by atoms with Crippen molar-refractivity contribution in [2.75, 3.05) is 13.7 Å². The summed E-state index contributed by atoms with van der Waals surface area (Å²) in [4.78, 5) is 11.0. The summed E-state index contributed by atoms with van der Waals surface area (Å²) in [6, 6.07) is 7.30. The van der Waals surface area contributed by atoms with E-state index in [4.69, 9.17) is 11.2 Å². The molecule has 0 heterocycles. The Morgan fingerprint density at radius 2 is 2.06 bits per heavy atom. The minimum absolute atomic E-state index is 0.249. The first kappa shape index (κ1) is 12.1. The van der Waals surface area contributed by atoms with Crippen LogP contribution < -0.4 is 4.74 Å². The quantitative estimate of drug-likeness (QED) is 0.429. The van der Waals surface area contributed by atoms with Gasteiger partial charge in [0.1, 0.15) is 5.75 Å². The predicted molar refractivity (Wildman–Crippen MR) is 61.1 cm³/mol. The smallest absolute Gasteiger partial charge is 0.309 e. The second-order valence-corrected chi connectivity index (χ2v) is 3.20. The topological polar surface area (TPSA) is 35.5 Å². The van der Waals surface area contributed by atoms with Crippen LogP contribution >= 0.6 is 0 Å². The van der Waals surface area contributed by atoms with Gasteiger partial charge in [0.05, 0.1) is 20.1 Å². The molecule has 84 valence electrons. The Bertz CT molecular complexity index is 373. The molecule has 0 amide bonds. The molecule has 1 aromatic rings. The molecule has 0 radical (unpaired) electrons. The fourth-order valence-corrected chi connectivity index (χ4v) is 1.17. The van der Waals surface area contributed by atoms with Crippen LogP contribution in [0.1, 0.15) is 12.0 Å². The minimum atomic E-state index is -0.249. The summed E-state index contributed by atoms with van der Waals surface area (Å²) in [7, 11) is 1.37. The molecule has 0 fully saturated rings. The maximum Gasteiger partial charge on any atom is 0.309 e. The maximum absolute atomic E-state index is 11.0. The Morgan fingerprint density at radius 1 is 1.38 bits per heavy atom. The molecular formula is C13H14O3. The molecule has 0 aliphatic heterocycles. The molecule has 1 rings (SSSR count). The van der Waals surface area contributed by atoms with Crippen molar-refractivity contribution in [3.63, 3.8) is 0 Å². The number of benzene rings is 1. The number of terminal acetylenes is 1. The fraction of sp³-hybridized carbons (Fsp3) is 0.308. The van der Waals surface area contributed by atoms with E-state index >= 15 is 0 Å². The average molecular weight is 218 g/mol. The standard InChI is InChI=1S/C13H14O3/c1-3-4-9-16-12-7-5-11(6-8-12)10-13(14)15-2/h1,5-8H,4,9-10H2,2H3. The van der Waals surface area contributed by atoms with E-state index in [9.17, 15) is 4.79 Å². The molecule has 0 saturated carbocycles. The lowest BCUT2D eigenvalue weighted by Crippen LogP contribution is -2.04. The van der Waals surface area contributed by atoms with Gasteiger partial charge in [0, 0.05) is 6.42 Å². The fourth-order valence-electron chi connectivity index (χ4n) is 1.17. The zero-order valence-electron chi connectivity index (χ0n) is 9.23. The van der Waals surface area contributed by atoms with E-state index in [0.29, 0.717) is 13.0 Å². The van der Waals surface area contributed by atoms with E-state index in [1.165, 1.54) is 7.11 Å². The van der Waals surface area contributed by atoms with Gasteiger partial charge in [0.15, 0.2) is 0 Å². The van der Waals surface area contributed by atoms with Gasteiger partial charge in [0.2, 0.25) is 0 Å². The first-order chi connectivity index (χ1) is 7.76. The van der Waals surface area contributed by atoms with Gasteiger partial charge in [-0.1, -0.05) is 12.1 Å². The largest absolute Gasteiger partial charge is 0.493 e. The number of hydrogen-bond acceptors (Lipinski definition) is 3. The maximum atomic E-state index is 11.0. The van der Waals surface area contributed by atoms with Crippen LogP contribution in [0, 0.1) is 12.3 Å². The average Bonchev–Trinajstić information content (AvgIpc) is 2.31. The van der Waals surface area contributed by atoms with Crippen molar-refractivity contribution in [2.45, 2.75) is 12.8 Å². The van der Waals surface area contributed by atoms with Crippen LogP contribution in [0.4, 0.5) is 0 Å². The van der Waals surface area contributed by atoms with E-state index in [0.717, 1.165) is 11.3 Å². The Kier molecular flexibility index (Phi) is 4.94. The Hall–Kier alpha value is -1.95. The number of hydrogen-bond donors (Lipinski definition) is 0. The summed E-state index contributed by atoms with van der Waals surface area (Å²) < 4.78 is 9.95. The van der Waals surface area contributed by atoms with E-state index in [-0.39, 0.29) is 12.4 Å². The molecule has 0 atom stereocenters. The molecule has 0 N–H and O–H groups in total. The molecule has 0 spiro atoms. The molecule has 0 aromatic heterocycles. The van der Waals surface area contributed by atoms with Gasteiger partial charge in [-0.05, 0) is 17.7 Å². The van der Waals surface area contributed by atoms with Gasteiger partial charge in [-0.3, -0.25) is 4.79 Å². The molecule has 3 nitrogen and oxygen atoms in total. The zero-order chi connectivity index (χ0) is 11.8. The van der Waals surface area contributed by atoms with Gasteiger partial charge in [-0.15, -0.1) is 12.3 Å². The Morgan fingerprint density at radius 3 is 2.62 bits per heavy atom. The third kappa shape index (κ3) is 4.05. The summed E-state index contributed by atoms with van der Waals surface area (Å²) in [5, 5.41) is 0. The summed E-state index contributed by atoms with van der Waals surface area (Å²) >= 11 is 0. The van der Waals surface area contributed by atoms with Crippen molar-refractivity contribution in [1.29, 1.82) is 0 Å². The Balaban J connectivity index is 2.48. The number of esters is 1. The predicted octanol–water partition coefficient (Wildman–Crippen LogP) is 1.80. The number of ether oxygens (including phenoxy) is 2. The SMILES string of the molecule is C#CCCOc1ccc(CC(=O)OC)cc1. The van der Waals surface area contributed by atoms with Crippen molar-refractivity contribution in [3.05, 3.63) is 29.8 Å². The number of carbonyl (C=O) groups excluding carboxylic acids is 1. The third-order valence-electron chi connectivity index (χ3n) is 2.01. The second-order valence-electron chi connectivity index (χ2n) is 3.20. The van der Waals surface area contributed by atoms with E-state index in [1.54, 1.807) is 0 Å². The Labute approximate surface area is 95.4 Å². The highest BCUT2D eigenvalue weighted by Crippen LogP contribution is 2.12. The van der Waals surface area contributed by atoms with Gasteiger partial charge >= 0.3 is 5.97 Å². The normalized spacial score (nSPS) is 9.25. The van der Waals surface area contributed by atoms with Crippen LogP contribution in [-0.4, -0.2) is 19.7 Å². The van der Waals surface area contributed by atoms with E-state index in [2.05, 4.69) is 10.7 Å². The molecule has 0 unspecified atom stereocenters. The monoisotopic (exact) mass is 218 g/mol. The summed E-state index contributed by atoms with van der Waals surface area (Å²) in [5.74, 6) is 3.00. The van der Waals surface area contributed by atoms with Crippen molar-refractivity contribution in [2.24, 2.45) is 0 Å². The molecule has 0 bridgehead atoms.